The van der Waals surface area contributed by atoms with Crippen LogP contribution in [0.3, 0.4) is 0 Å². The van der Waals surface area contributed by atoms with Crippen molar-refractivity contribution in [3.63, 3.8) is 0 Å². The molecule has 2 rings (SSSR count). The molecule has 1 heterocycles. The van der Waals surface area contributed by atoms with Crippen LogP contribution in [0.2, 0.25) is 0 Å². The first-order valence-electron chi connectivity index (χ1n) is 7.24. The van der Waals surface area contributed by atoms with Crippen molar-refractivity contribution in [2.24, 2.45) is 11.3 Å². The van der Waals surface area contributed by atoms with Crippen LogP contribution in [0.1, 0.15) is 46.0 Å². The second-order valence-electron chi connectivity index (χ2n) is 5.61. The quantitative estimate of drug-likeness (QED) is 0.812. The van der Waals surface area contributed by atoms with E-state index in [4.69, 9.17) is 0 Å². The fraction of sp³-hybridized carbons (Fsp3) is 0.929. The van der Waals surface area contributed by atoms with Crippen molar-refractivity contribution in [1.29, 1.82) is 0 Å². The zero-order chi connectivity index (χ0) is 12.3. The second kappa shape index (κ2) is 5.38. The summed E-state index contributed by atoms with van der Waals surface area (Å²) in [6, 6.07) is 0. The Kier molecular flexibility index (Phi) is 4.08. The molecule has 3 nitrogen and oxygen atoms in total. The number of rotatable bonds is 4. The molecule has 2 fully saturated rings. The first-order chi connectivity index (χ1) is 8.24. The number of nitrogens with zero attached hydrogens (tertiary/aromatic N) is 1. The van der Waals surface area contributed by atoms with Gasteiger partial charge in [-0.05, 0) is 38.6 Å². The van der Waals surface area contributed by atoms with E-state index >= 15 is 0 Å². The van der Waals surface area contributed by atoms with E-state index in [0.29, 0.717) is 11.8 Å². The highest BCUT2D eigenvalue weighted by Crippen LogP contribution is 2.45. The normalized spacial score (nSPS) is 32.2. The van der Waals surface area contributed by atoms with E-state index in [2.05, 4.69) is 24.1 Å². The fourth-order valence-electron chi connectivity index (χ4n) is 3.66. The van der Waals surface area contributed by atoms with Crippen LogP contribution in [0.15, 0.2) is 0 Å². The Balaban J connectivity index is 2.14. The molecule has 0 aromatic carbocycles. The minimum atomic E-state index is -0.0522. The zero-order valence-corrected chi connectivity index (χ0v) is 11.3. The molecule has 0 aromatic rings. The monoisotopic (exact) mass is 238 g/mol. The van der Waals surface area contributed by atoms with Crippen molar-refractivity contribution in [3.8, 4) is 0 Å². The smallest absolute Gasteiger partial charge is 0.230 e. The van der Waals surface area contributed by atoms with Crippen LogP contribution >= 0.6 is 0 Å². The SMILES string of the molecule is CCCN(CC)C(=O)[C@@]12CCCC[C@H]1CNC2. The Hall–Kier alpha value is -0.570. The summed E-state index contributed by atoms with van der Waals surface area (Å²) >= 11 is 0. The molecule has 0 unspecified atom stereocenters. The van der Waals surface area contributed by atoms with E-state index in [9.17, 15) is 4.79 Å². The summed E-state index contributed by atoms with van der Waals surface area (Å²) in [6.07, 6.45) is 5.94. The lowest BCUT2D eigenvalue weighted by Gasteiger charge is -2.40. The largest absolute Gasteiger partial charge is 0.342 e. The number of hydrogen-bond acceptors (Lipinski definition) is 2. The molecule has 1 saturated heterocycles. The minimum absolute atomic E-state index is 0.0522. The zero-order valence-electron chi connectivity index (χ0n) is 11.3. The van der Waals surface area contributed by atoms with Crippen LogP contribution in [0.25, 0.3) is 0 Å². The summed E-state index contributed by atoms with van der Waals surface area (Å²) in [4.78, 5) is 14.9. The summed E-state index contributed by atoms with van der Waals surface area (Å²) in [5.74, 6) is 1.02. The topological polar surface area (TPSA) is 32.3 Å². The lowest BCUT2D eigenvalue weighted by molar-refractivity contribution is -0.145. The summed E-state index contributed by atoms with van der Waals surface area (Å²) in [5.41, 5.74) is -0.0522. The Morgan fingerprint density at radius 2 is 2.24 bits per heavy atom. The third-order valence-corrected chi connectivity index (χ3v) is 4.63. The van der Waals surface area contributed by atoms with Crippen molar-refractivity contribution in [3.05, 3.63) is 0 Å². The van der Waals surface area contributed by atoms with Crippen LogP contribution in [0.4, 0.5) is 0 Å². The molecule has 98 valence electrons. The molecular formula is C14H26N2O. The molecule has 2 atom stereocenters. The highest BCUT2D eigenvalue weighted by molar-refractivity contribution is 5.84. The molecule has 0 spiro atoms. The highest BCUT2D eigenvalue weighted by Gasteiger charge is 2.50. The first-order valence-corrected chi connectivity index (χ1v) is 7.24. The maximum atomic E-state index is 12.8. The van der Waals surface area contributed by atoms with Crippen LogP contribution in [-0.2, 0) is 4.79 Å². The number of nitrogens with one attached hydrogen (secondary N) is 1. The van der Waals surface area contributed by atoms with Gasteiger partial charge >= 0.3 is 0 Å². The molecule has 1 N–H and O–H groups in total. The summed E-state index contributed by atoms with van der Waals surface area (Å²) in [6.45, 7) is 8.00. The predicted molar refractivity (Wildman–Crippen MR) is 69.8 cm³/mol. The predicted octanol–water partition coefficient (Wildman–Crippen LogP) is 2.02. The first kappa shape index (κ1) is 12.9. The van der Waals surface area contributed by atoms with Gasteiger partial charge in [0, 0.05) is 19.6 Å². The van der Waals surface area contributed by atoms with Gasteiger partial charge in [-0.15, -0.1) is 0 Å². The molecule has 0 radical (unpaired) electrons. The van der Waals surface area contributed by atoms with E-state index in [1.807, 2.05) is 0 Å². The average Bonchev–Trinajstić information content (AvgIpc) is 2.80. The minimum Gasteiger partial charge on any atom is -0.342 e. The van der Waals surface area contributed by atoms with Crippen LogP contribution < -0.4 is 5.32 Å². The summed E-state index contributed by atoms with van der Waals surface area (Å²) < 4.78 is 0. The van der Waals surface area contributed by atoms with E-state index in [1.54, 1.807) is 0 Å². The van der Waals surface area contributed by atoms with Crippen molar-refractivity contribution in [2.75, 3.05) is 26.2 Å². The molecular weight excluding hydrogens is 212 g/mol. The average molecular weight is 238 g/mol. The molecule has 1 saturated carbocycles. The van der Waals surface area contributed by atoms with E-state index in [1.165, 1.54) is 19.3 Å². The molecule has 0 aromatic heterocycles. The summed E-state index contributed by atoms with van der Waals surface area (Å²) in [5, 5.41) is 3.46. The number of fused-ring (bicyclic) bond motifs is 1. The fourth-order valence-corrected chi connectivity index (χ4v) is 3.66. The van der Waals surface area contributed by atoms with Crippen LogP contribution in [-0.4, -0.2) is 37.0 Å². The van der Waals surface area contributed by atoms with Crippen molar-refractivity contribution in [2.45, 2.75) is 46.0 Å². The maximum Gasteiger partial charge on any atom is 0.230 e. The van der Waals surface area contributed by atoms with Crippen molar-refractivity contribution < 1.29 is 4.79 Å². The standard InChI is InChI=1S/C14H26N2O/c1-3-9-16(4-2)13(17)14-8-6-5-7-12(14)10-15-11-14/h12,15H,3-11H2,1-2H3/t12-,14+/m0/s1. The highest BCUT2D eigenvalue weighted by atomic mass is 16.2. The van der Waals surface area contributed by atoms with E-state index in [0.717, 1.165) is 39.0 Å². The van der Waals surface area contributed by atoms with E-state index < -0.39 is 0 Å². The molecule has 0 bridgehead atoms. The van der Waals surface area contributed by atoms with Gasteiger partial charge in [0.1, 0.15) is 0 Å². The third-order valence-electron chi connectivity index (χ3n) is 4.63. The number of amides is 1. The van der Waals surface area contributed by atoms with E-state index in [-0.39, 0.29) is 5.41 Å². The van der Waals surface area contributed by atoms with Gasteiger partial charge in [0.2, 0.25) is 5.91 Å². The van der Waals surface area contributed by atoms with Gasteiger partial charge < -0.3 is 10.2 Å². The Morgan fingerprint density at radius 1 is 1.41 bits per heavy atom. The molecule has 3 heteroatoms. The maximum absolute atomic E-state index is 12.8. The Labute approximate surface area is 105 Å². The molecule has 17 heavy (non-hydrogen) atoms. The third kappa shape index (κ3) is 2.22. The van der Waals surface area contributed by atoms with Crippen LogP contribution in [0.5, 0.6) is 0 Å². The lowest BCUT2D eigenvalue weighted by atomic mass is 9.67. The van der Waals surface area contributed by atoms with Gasteiger partial charge in [-0.25, -0.2) is 0 Å². The van der Waals surface area contributed by atoms with Crippen LogP contribution in [0, 0.1) is 11.3 Å². The van der Waals surface area contributed by atoms with Gasteiger partial charge in [-0.3, -0.25) is 4.79 Å². The molecule has 2 aliphatic rings. The van der Waals surface area contributed by atoms with Gasteiger partial charge in [-0.2, -0.15) is 0 Å². The second-order valence-corrected chi connectivity index (χ2v) is 5.61. The summed E-state index contributed by atoms with van der Waals surface area (Å²) in [7, 11) is 0. The van der Waals surface area contributed by atoms with Crippen molar-refractivity contribution >= 4 is 5.91 Å². The Morgan fingerprint density at radius 3 is 2.94 bits per heavy atom. The Bertz CT molecular complexity index is 279. The number of carbonyl (C=O) groups is 1. The molecule has 1 aliphatic heterocycles. The van der Waals surface area contributed by atoms with Gasteiger partial charge in [0.15, 0.2) is 0 Å². The lowest BCUT2D eigenvalue weighted by Crippen LogP contribution is -2.49. The van der Waals surface area contributed by atoms with Gasteiger partial charge in [-0.1, -0.05) is 19.8 Å². The van der Waals surface area contributed by atoms with Gasteiger partial charge in [0.05, 0.1) is 5.41 Å². The van der Waals surface area contributed by atoms with Gasteiger partial charge in [0.25, 0.3) is 0 Å². The molecule has 1 amide bonds. The number of carbonyl (C=O) groups excluding carboxylic acids is 1. The molecule has 1 aliphatic carbocycles. The van der Waals surface area contributed by atoms with Crippen molar-refractivity contribution in [1.82, 2.24) is 10.2 Å². The number of hydrogen-bond donors (Lipinski definition) is 1.